The first-order valence-electron chi connectivity index (χ1n) is 5.87. The lowest BCUT2D eigenvalue weighted by Crippen LogP contribution is -2.40. The van der Waals surface area contributed by atoms with Crippen LogP contribution >= 0.6 is 0 Å². The van der Waals surface area contributed by atoms with Gasteiger partial charge in [-0.1, -0.05) is 12.1 Å². The molecule has 0 aromatic heterocycles. The Kier molecular flexibility index (Phi) is 5.61. The van der Waals surface area contributed by atoms with Crippen molar-refractivity contribution in [2.45, 2.75) is 19.4 Å². The van der Waals surface area contributed by atoms with Gasteiger partial charge in [-0.2, -0.15) is 0 Å². The van der Waals surface area contributed by atoms with Gasteiger partial charge in [0.15, 0.2) is 0 Å². The van der Waals surface area contributed by atoms with Crippen molar-refractivity contribution in [3.05, 3.63) is 29.3 Å². The van der Waals surface area contributed by atoms with Crippen LogP contribution in [0.1, 0.15) is 11.1 Å². The second kappa shape index (κ2) is 6.98. The number of hydrogen-bond donors (Lipinski definition) is 3. The van der Waals surface area contributed by atoms with E-state index < -0.39 is 12.0 Å². The molecule has 1 unspecified atom stereocenters. The van der Waals surface area contributed by atoms with Gasteiger partial charge in [0.1, 0.15) is 11.8 Å². The van der Waals surface area contributed by atoms with Gasteiger partial charge in [-0.3, -0.25) is 4.79 Å². The van der Waals surface area contributed by atoms with E-state index in [0.29, 0.717) is 6.54 Å². The highest BCUT2D eigenvalue weighted by Gasteiger charge is 2.09. The molecule has 0 aliphatic rings. The molecule has 1 aromatic carbocycles. The highest BCUT2D eigenvalue weighted by atomic mass is 16.5. The third-order valence-electron chi connectivity index (χ3n) is 2.73. The zero-order valence-corrected chi connectivity index (χ0v) is 10.8. The maximum atomic E-state index is 10.5. The Morgan fingerprint density at radius 2 is 2.28 bits per heavy atom. The van der Waals surface area contributed by atoms with Gasteiger partial charge in [0, 0.05) is 6.54 Å². The van der Waals surface area contributed by atoms with Crippen molar-refractivity contribution in [1.29, 1.82) is 0 Å². The molecule has 0 fully saturated rings. The van der Waals surface area contributed by atoms with Crippen LogP contribution in [-0.4, -0.2) is 37.3 Å². The quantitative estimate of drug-likeness (QED) is 0.617. The fourth-order valence-electron chi connectivity index (χ4n) is 1.67. The number of carbonyl (C=O) groups is 1. The number of carboxylic acid groups (broad SMARTS) is 1. The van der Waals surface area contributed by atoms with Crippen molar-refractivity contribution in [2.75, 3.05) is 20.2 Å². The SMILES string of the molecule is COc1ccc(CCNCC(N)C(=O)O)cc1C. The summed E-state index contributed by atoms with van der Waals surface area (Å²) in [5, 5.41) is 11.6. The first-order valence-corrected chi connectivity index (χ1v) is 5.87. The minimum absolute atomic E-state index is 0.282. The molecule has 0 saturated heterocycles. The van der Waals surface area contributed by atoms with Crippen molar-refractivity contribution >= 4 is 5.97 Å². The van der Waals surface area contributed by atoms with E-state index in [0.717, 1.165) is 17.7 Å². The van der Waals surface area contributed by atoms with Crippen molar-refractivity contribution in [1.82, 2.24) is 5.32 Å². The summed E-state index contributed by atoms with van der Waals surface area (Å²) < 4.78 is 5.19. The molecule has 0 saturated carbocycles. The van der Waals surface area contributed by atoms with Gasteiger partial charge in [0.25, 0.3) is 0 Å². The van der Waals surface area contributed by atoms with E-state index in [1.165, 1.54) is 5.56 Å². The molecule has 0 aliphatic carbocycles. The third kappa shape index (κ3) is 4.35. The number of carboxylic acids is 1. The Hall–Kier alpha value is -1.59. The first-order chi connectivity index (χ1) is 8.54. The molecular formula is C13H20N2O3. The zero-order valence-electron chi connectivity index (χ0n) is 10.8. The highest BCUT2D eigenvalue weighted by molar-refractivity contribution is 5.73. The van der Waals surface area contributed by atoms with Crippen LogP contribution in [0.3, 0.4) is 0 Å². The minimum atomic E-state index is -0.984. The fraction of sp³-hybridized carbons (Fsp3) is 0.462. The van der Waals surface area contributed by atoms with E-state index in [1.807, 2.05) is 19.1 Å². The van der Waals surface area contributed by atoms with Gasteiger partial charge in [0.05, 0.1) is 7.11 Å². The Bertz CT molecular complexity index is 407. The predicted octanol–water partition coefficient (Wildman–Crippen LogP) is 0.548. The van der Waals surface area contributed by atoms with E-state index in [2.05, 4.69) is 11.4 Å². The van der Waals surface area contributed by atoms with Gasteiger partial charge in [-0.25, -0.2) is 0 Å². The molecule has 0 spiro atoms. The van der Waals surface area contributed by atoms with E-state index in [9.17, 15) is 4.79 Å². The normalized spacial score (nSPS) is 12.2. The molecule has 0 amide bonds. The Morgan fingerprint density at radius 3 is 2.83 bits per heavy atom. The lowest BCUT2D eigenvalue weighted by atomic mass is 10.1. The van der Waals surface area contributed by atoms with Crippen LogP contribution in [0.2, 0.25) is 0 Å². The highest BCUT2D eigenvalue weighted by Crippen LogP contribution is 2.18. The largest absolute Gasteiger partial charge is 0.496 e. The van der Waals surface area contributed by atoms with Crippen LogP contribution < -0.4 is 15.8 Å². The molecule has 0 heterocycles. The molecular weight excluding hydrogens is 232 g/mol. The molecule has 1 aromatic rings. The van der Waals surface area contributed by atoms with Crippen molar-refractivity contribution < 1.29 is 14.6 Å². The lowest BCUT2D eigenvalue weighted by Gasteiger charge is -2.10. The Labute approximate surface area is 107 Å². The lowest BCUT2D eigenvalue weighted by molar-refractivity contribution is -0.138. The van der Waals surface area contributed by atoms with Gasteiger partial charge >= 0.3 is 5.97 Å². The molecule has 18 heavy (non-hydrogen) atoms. The molecule has 0 radical (unpaired) electrons. The molecule has 0 bridgehead atoms. The number of benzene rings is 1. The standard InChI is InChI=1S/C13H20N2O3/c1-9-7-10(3-4-12(9)18-2)5-6-15-8-11(14)13(16)17/h3-4,7,11,15H,5-6,8,14H2,1-2H3,(H,16,17). The van der Waals surface area contributed by atoms with E-state index >= 15 is 0 Å². The molecule has 4 N–H and O–H groups in total. The monoisotopic (exact) mass is 252 g/mol. The number of hydrogen-bond acceptors (Lipinski definition) is 4. The topological polar surface area (TPSA) is 84.6 Å². The second-order valence-electron chi connectivity index (χ2n) is 4.20. The number of ether oxygens (including phenoxy) is 1. The van der Waals surface area contributed by atoms with E-state index in [-0.39, 0.29) is 6.54 Å². The summed E-state index contributed by atoms with van der Waals surface area (Å²) in [4.78, 5) is 10.5. The Morgan fingerprint density at radius 1 is 1.56 bits per heavy atom. The van der Waals surface area contributed by atoms with Gasteiger partial charge in [-0.05, 0) is 37.1 Å². The summed E-state index contributed by atoms with van der Waals surface area (Å²) in [5.74, 6) is -0.109. The van der Waals surface area contributed by atoms with Crippen molar-refractivity contribution in [3.63, 3.8) is 0 Å². The number of nitrogens with two attached hydrogens (primary N) is 1. The van der Waals surface area contributed by atoms with Crippen LogP contribution in [0.4, 0.5) is 0 Å². The molecule has 5 heteroatoms. The fourth-order valence-corrected chi connectivity index (χ4v) is 1.67. The molecule has 1 rings (SSSR count). The predicted molar refractivity (Wildman–Crippen MR) is 69.9 cm³/mol. The maximum Gasteiger partial charge on any atom is 0.321 e. The van der Waals surface area contributed by atoms with Gasteiger partial charge in [-0.15, -0.1) is 0 Å². The number of aryl methyl sites for hydroxylation is 1. The molecule has 100 valence electrons. The summed E-state index contributed by atoms with van der Waals surface area (Å²) in [5.41, 5.74) is 7.66. The van der Waals surface area contributed by atoms with E-state index in [1.54, 1.807) is 7.11 Å². The van der Waals surface area contributed by atoms with Crippen molar-refractivity contribution in [2.24, 2.45) is 5.73 Å². The van der Waals surface area contributed by atoms with Crippen LogP contribution in [-0.2, 0) is 11.2 Å². The van der Waals surface area contributed by atoms with Gasteiger partial charge in [0.2, 0.25) is 0 Å². The number of aliphatic carboxylic acids is 1. The first kappa shape index (κ1) is 14.5. The average Bonchev–Trinajstić information content (AvgIpc) is 2.34. The molecule has 0 aliphatic heterocycles. The minimum Gasteiger partial charge on any atom is -0.496 e. The maximum absolute atomic E-state index is 10.5. The summed E-state index contributed by atoms with van der Waals surface area (Å²) >= 11 is 0. The molecule has 1 atom stereocenters. The van der Waals surface area contributed by atoms with E-state index in [4.69, 9.17) is 15.6 Å². The summed E-state index contributed by atoms with van der Waals surface area (Å²) in [6.45, 7) is 2.98. The number of rotatable bonds is 7. The third-order valence-corrected chi connectivity index (χ3v) is 2.73. The molecule has 5 nitrogen and oxygen atoms in total. The van der Waals surface area contributed by atoms with Crippen LogP contribution in [0.5, 0.6) is 5.75 Å². The Balaban J connectivity index is 2.36. The number of nitrogens with one attached hydrogen (secondary N) is 1. The van der Waals surface area contributed by atoms with Crippen LogP contribution in [0.25, 0.3) is 0 Å². The smallest absolute Gasteiger partial charge is 0.321 e. The summed E-state index contributed by atoms with van der Waals surface area (Å²) in [7, 11) is 1.65. The average molecular weight is 252 g/mol. The number of methoxy groups -OCH3 is 1. The zero-order chi connectivity index (χ0) is 13.5. The summed E-state index contributed by atoms with van der Waals surface area (Å²) in [6, 6.07) is 5.17. The van der Waals surface area contributed by atoms with Gasteiger partial charge < -0.3 is 20.9 Å². The van der Waals surface area contributed by atoms with Crippen LogP contribution in [0.15, 0.2) is 18.2 Å². The van der Waals surface area contributed by atoms with Crippen LogP contribution in [0, 0.1) is 6.92 Å². The summed E-state index contributed by atoms with van der Waals surface area (Å²) in [6.07, 6.45) is 0.831. The second-order valence-corrected chi connectivity index (χ2v) is 4.20. The van der Waals surface area contributed by atoms with Crippen molar-refractivity contribution in [3.8, 4) is 5.75 Å².